The van der Waals surface area contributed by atoms with Gasteiger partial charge in [-0.1, -0.05) is 0 Å². The molecule has 2 heterocycles. The Balaban J connectivity index is 1.87. The van der Waals surface area contributed by atoms with Crippen molar-refractivity contribution < 1.29 is 9.53 Å². The van der Waals surface area contributed by atoms with E-state index in [0.717, 1.165) is 12.1 Å². The van der Waals surface area contributed by atoms with Gasteiger partial charge in [0.2, 0.25) is 5.88 Å². The van der Waals surface area contributed by atoms with Gasteiger partial charge in [-0.05, 0) is 19.9 Å². The highest BCUT2D eigenvalue weighted by Crippen LogP contribution is 2.14. The van der Waals surface area contributed by atoms with Gasteiger partial charge in [0.1, 0.15) is 0 Å². The molecule has 0 fully saturated rings. The predicted octanol–water partition coefficient (Wildman–Crippen LogP) is 2.67. The molecular weight excluding hydrogens is 248 g/mol. The highest BCUT2D eigenvalue weighted by Gasteiger charge is 2.03. The summed E-state index contributed by atoms with van der Waals surface area (Å²) in [6.07, 6.45) is 2.36. The molecule has 0 saturated carbocycles. The van der Waals surface area contributed by atoms with E-state index in [1.165, 1.54) is 18.0 Å². The summed E-state index contributed by atoms with van der Waals surface area (Å²) in [7, 11) is 0. The van der Waals surface area contributed by atoms with Crippen LogP contribution in [0.4, 0.5) is 0 Å². The van der Waals surface area contributed by atoms with Crippen molar-refractivity contribution in [3.05, 3.63) is 40.0 Å². The lowest BCUT2D eigenvalue weighted by atomic mass is 10.2. The Kier molecular flexibility index (Phi) is 4.04. The summed E-state index contributed by atoms with van der Waals surface area (Å²) in [5, 5.41) is 0. The number of carbonyl (C=O) groups is 1. The number of pyridine rings is 1. The number of thiazole rings is 1. The van der Waals surface area contributed by atoms with Crippen molar-refractivity contribution in [2.45, 2.75) is 20.3 Å². The van der Waals surface area contributed by atoms with Crippen LogP contribution in [0.25, 0.3) is 0 Å². The van der Waals surface area contributed by atoms with Gasteiger partial charge in [-0.3, -0.25) is 4.79 Å². The van der Waals surface area contributed by atoms with Crippen LogP contribution in [0.15, 0.2) is 23.8 Å². The van der Waals surface area contributed by atoms with Crippen molar-refractivity contribution in [2.24, 2.45) is 0 Å². The van der Waals surface area contributed by atoms with Crippen LogP contribution >= 0.6 is 11.3 Å². The maximum atomic E-state index is 11.1. The quantitative estimate of drug-likeness (QED) is 0.777. The number of ether oxygens (including phenoxy) is 1. The SMILES string of the molecule is CC(=O)c1ccc(OCCc2scnc2C)nc1. The van der Waals surface area contributed by atoms with E-state index in [1.807, 2.05) is 12.4 Å². The van der Waals surface area contributed by atoms with Crippen molar-refractivity contribution in [3.63, 3.8) is 0 Å². The van der Waals surface area contributed by atoms with E-state index in [4.69, 9.17) is 4.74 Å². The van der Waals surface area contributed by atoms with Gasteiger partial charge in [0.05, 0.1) is 17.8 Å². The molecule has 0 radical (unpaired) electrons. The average Bonchev–Trinajstić information content (AvgIpc) is 2.76. The monoisotopic (exact) mass is 262 g/mol. The van der Waals surface area contributed by atoms with Crippen LogP contribution in [0.3, 0.4) is 0 Å². The highest BCUT2D eigenvalue weighted by atomic mass is 32.1. The number of Topliss-reactive ketones (excluding diaryl/α,β-unsaturated/α-hetero) is 1. The molecule has 0 aliphatic heterocycles. The molecule has 0 spiro atoms. The van der Waals surface area contributed by atoms with Crippen molar-refractivity contribution in [3.8, 4) is 5.88 Å². The third-order valence-corrected chi connectivity index (χ3v) is 3.56. The number of aryl methyl sites for hydroxylation is 1. The summed E-state index contributed by atoms with van der Waals surface area (Å²) in [5.74, 6) is 0.552. The Morgan fingerprint density at radius 1 is 1.39 bits per heavy atom. The number of hydrogen-bond acceptors (Lipinski definition) is 5. The normalized spacial score (nSPS) is 10.3. The molecule has 0 saturated heterocycles. The van der Waals surface area contributed by atoms with Crippen molar-refractivity contribution in [1.29, 1.82) is 0 Å². The average molecular weight is 262 g/mol. The fraction of sp³-hybridized carbons (Fsp3) is 0.308. The van der Waals surface area contributed by atoms with E-state index in [0.29, 0.717) is 18.1 Å². The lowest BCUT2D eigenvalue weighted by Crippen LogP contribution is -2.03. The molecular formula is C13H14N2O2S. The molecule has 0 aliphatic rings. The molecule has 5 heteroatoms. The summed E-state index contributed by atoms with van der Waals surface area (Å²) in [6.45, 7) is 4.07. The van der Waals surface area contributed by atoms with Crippen molar-refractivity contribution >= 4 is 17.1 Å². The summed E-state index contributed by atoms with van der Waals surface area (Å²) in [6, 6.07) is 3.44. The molecule has 0 aliphatic carbocycles. The van der Waals surface area contributed by atoms with E-state index < -0.39 is 0 Å². The second-order valence-electron chi connectivity index (χ2n) is 3.90. The van der Waals surface area contributed by atoms with Gasteiger partial charge in [0, 0.05) is 29.1 Å². The number of rotatable bonds is 5. The Bertz CT molecular complexity index is 534. The topological polar surface area (TPSA) is 52.1 Å². The van der Waals surface area contributed by atoms with Crippen LogP contribution in [0, 0.1) is 6.92 Å². The van der Waals surface area contributed by atoms with Gasteiger partial charge in [-0.15, -0.1) is 11.3 Å². The summed E-state index contributed by atoms with van der Waals surface area (Å²) >= 11 is 1.63. The molecule has 94 valence electrons. The molecule has 18 heavy (non-hydrogen) atoms. The second kappa shape index (κ2) is 5.73. The zero-order valence-corrected chi connectivity index (χ0v) is 11.2. The third-order valence-electron chi connectivity index (χ3n) is 2.57. The van der Waals surface area contributed by atoms with E-state index >= 15 is 0 Å². The van der Waals surface area contributed by atoms with Crippen LogP contribution in [0.2, 0.25) is 0 Å². The zero-order valence-electron chi connectivity index (χ0n) is 10.3. The summed E-state index contributed by atoms with van der Waals surface area (Å²) in [5.41, 5.74) is 3.49. The summed E-state index contributed by atoms with van der Waals surface area (Å²) in [4.78, 5) is 20.6. The molecule has 4 nitrogen and oxygen atoms in total. The Morgan fingerprint density at radius 2 is 2.22 bits per heavy atom. The number of aromatic nitrogens is 2. The Morgan fingerprint density at radius 3 is 2.78 bits per heavy atom. The number of ketones is 1. The number of carbonyl (C=O) groups excluding carboxylic acids is 1. The fourth-order valence-corrected chi connectivity index (χ4v) is 2.25. The van der Waals surface area contributed by atoms with Crippen molar-refractivity contribution in [1.82, 2.24) is 9.97 Å². The van der Waals surface area contributed by atoms with Gasteiger partial charge in [-0.2, -0.15) is 0 Å². The van der Waals surface area contributed by atoms with Gasteiger partial charge in [-0.25, -0.2) is 9.97 Å². The number of hydrogen-bond donors (Lipinski definition) is 0. The molecule has 0 aromatic carbocycles. The molecule has 2 aromatic rings. The first-order valence-electron chi connectivity index (χ1n) is 5.65. The number of nitrogens with zero attached hydrogens (tertiary/aromatic N) is 2. The maximum absolute atomic E-state index is 11.1. The first-order valence-corrected chi connectivity index (χ1v) is 6.53. The van der Waals surface area contributed by atoms with E-state index in [2.05, 4.69) is 9.97 Å². The van der Waals surface area contributed by atoms with E-state index in [1.54, 1.807) is 23.5 Å². The van der Waals surface area contributed by atoms with Gasteiger partial charge >= 0.3 is 0 Å². The molecule has 0 atom stereocenters. The van der Waals surface area contributed by atoms with Crippen LogP contribution in [-0.4, -0.2) is 22.4 Å². The standard InChI is InChI=1S/C13H14N2O2S/c1-9-12(18-8-15-9)5-6-17-13-4-3-11(7-14-13)10(2)16/h3-4,7-8H,5-6H2,1-2H3. The zero-order chi connectivity index (χ0) is 13.0. The largest absolute Gasteiger partial charge is 0.477 e. The predicted molar refractivity (Wildman–Crippen MR) is 70.3 cm³/mol. The minimum absolute atomic E-state index is 0.00864. The minimum Gasteiger partial charge on any atom is -0.477 e. The molecule has 0 unspecified atom stereocenters. The third kappa shape index (κ3) is 3.13. The second-order valence-corrected chi connectivity index (χ2v) is 4.84. The van der Waals surface area contributed by atoms with Crippen LogP contribution in [-0.2, 0) is 6.42 Å². The Labute approximate surface area is 110 Å². The highest BCUT2D eigenvalue weighted by molar-refractivity contribution is 7.09. The molecule has 0 amide bonds. The minimum atomic E-state index is 0.00864. The smallest absolute Gasteiger partial charge is 0.213 e. The molecule has 2 aromatic heterocycles. The summed E-state index contributed by atoms with van der Waals surface area (Å²) < 4.78 is 5.53. The van der Waals surface area contributed by atoms with Gasteiger partial charge < -0.3 is 4.74 Å². The fourth-order valence-electron chi connectivity index (χ4n) is 1.49. The van der Waals surface area contributed by atoms with Gasteiger partial charge in [0.25, 0.3) is 0 Å². The van der Waals surface area contributed by atoms with Crippen LogP contribution in [0.1, 0.15) is 27.9 Å². The lowest BCUT2D eigenvalue weighted by Gasteiger charge is -2.04. The Hall–Kier alpha value is -1.75. The first kappa shape index (κ1) is 12.7. The van der Waals surface area contributed by atoms with Gasteiger partial charge in [0.15, 0.2) is 5.78 Å². The maximum Gasteiger partial charge on any atom is 0.213 e. The van der Waals surface area contributed by atoms with E-state index in [9.17, 15) is 4.79 Å². The molecule has 0 bridgehead atoms. The van der Waals surface area contributed by atoms with E-state index in [-0.39, 0.29) is 5.78 Å². The first-order chi connectivity index (χ1) is 8.66. The van der Waals surface area contributed by atoms with Crippen LogP contribution < -0.4 is 4.74 Å². The lowest BCUT2D eigenvalue weighted by molar-refractivity contribution is 0.101. The molecule has 0 N–H and O–H groups in total. The molecule has 2 rings (SSSR count). The van der Waals surface area contributed by atoms with Crippen LogP contribution in [0.5, 0.6) is 5.88 Å². The van der Waals surface area contributed by atoms with Crippen molar-refractivity contribution in [2.75, 3.05) is 6.61 Å².